The predicted molar refractivity (Wildman–Crippen MR) is 141 cm³/mol. The third kappa shape index (κ3) is 9.93. The van der Waals surface area contributed by atoms with Gasteiger partial charge in [-0.05, 0) is 48.6 Å². The Morgan fingerprint density at radius 3 is 0.844 bits per heavy atom. The first-order valence-corrected chi connectivity index (χ1v) is 14.0. The summed E-state index contributed by atoms with van der Waals surface area (Å²) in [6.45, 7) is 0. The Bertz CT molecular complexity index is 592. The van der Waals surface area contributed by atoms with Gasteiger partial charge in [-0.25, -0.2) is 0 Å². The van der Waals surface area contributed by atoms with Crippen molar-refractivity contribution in [1.82, 2.24) is 0 Å². The SMILES string of the molecule is c1ccc(C2CCCCCCCCCC(c3ccccc3)CCCCCCCCC2)cc1. The molecule has 0 atom stereocenters. The third-order valence-corrected chi connectivity index (χ3v) is 7.75. The highest BCUT2D eigenvalue weighted by molar-refractivity contribution is 5.20. The van der Waals surface area contributed by atoms with E-state index in [4.69, 9.17) is 0 Å². The zero-order valence-electron chi connectivity index (χ0n) is 20.7. The molecule has 2 aromatic carbocycles. The fourth-order valence-electron chi connectivity index (χ4n) is 5.74. The number of rotatable bonds is 2. The summed E-state index contributed by atoms with van der Waals surface area (Å²) in [6.07, 6.45) is 25.5. The van der Waals surface area contributed by atoms with Crippen molar-refractivity contribution in [1.29, 1.82) is 0 Å². The summed E-state index contributed by atoms with van der Waals surface area (Å²) in [5, 5.41) is 0. The molecular weight excluding hydrogens is 384 g/mol. The highest BCUT2D eigenvalue weighted by Gasteiger charge is 2.12. The fraction of sp³-hybridized carbons (Fsp3) is 0.625. The molecule has 32 heavy (non-hydrogen) atoms. The predicted octanol–water partition coefficient (Wildman–Crippen LogP) is 10.6. The summed E-state index contributed by atoms with van der Waals surface area (Å²) < 4.78 is 0. The van der Waals surface area contributed by atoms with E-state index in [1.807, 2.05) is 0 Å². The summed E-state index contributed by atoms with van der Waals surface area (Å²) >= 11 is 0. The first-order chi connectivity index (χ1) is 15.9. The van der Waals surface area contributed by atoms with Crippen LogP contribution in [0.25, 0.3) is 0 Å². The van der Waals surface area contributed by atoms with Crippen LogP contribution >= 0.6 is 0 Å². The van der Waals surface area contributed by atoms with Gasteiger partial charge >= 0.3 is 0 Å². The molecule has 0 heterocycles. The molecule has 0 aliphatic heterocycles. The van der Waals surface area contributed by atoms with Gasteiger partial charge in [0.05, 0.1) is 0 Å². The molecule has 0 unspecified atom stereocenters. The first-order valence-electron chi connectivity index (χ1n) is 14.0. The van der Waals surface area contributed by atoms with E-state index in [1.54, 1.807) is 11.1 Å². The van der Waals surface area contributed by atoms with E-state index in [9.17, 15) is 0 Å². The minimum Gasteiger partial charge on any atom is -0.0622 e. The fourth-order valence-corrected chi connectivity index (χ4v) is 5.74. The Balaban J connectivity index is 1.46. The summed E-state index contributed by atoms with van der Waals surface area (Å²) in [6, 6.07) is 22.7. The molecule has 1 aliphatic rings. The van der Waals surface area contributed by atoms with Crippen LogP contribution in [-0.2, 0) is 0 Å². The lowest BCUT2D eigenvalue weighted by Gasteiger charge is -2.18. The third-order valence-electron chi connectivity index (χ3n) is 7.75. The van der Waals surface area contributed by atoms with Gasteiger partial charge in [0, 0.05) is 0 Å². The molecule has 0 radical (unpaired) electrons. The van der Waals surface area contributed by atoms with E-state index < -0.39 is 0 Å². The zero-order valence-corrected chi connectivity index (χ0v) is 20.7. The van der Waals surface area contributed by atoms with Crippen LogP contribution in [0.4, 0.5) is 0 Å². The second-order valence-corrected chi connectivity index (χ2v) is 10.3. The molecule has 1 aliphatic carbocycles. The molecule has 0 aromatic heterocycles. The number of hydrogen-bond donors (Lipinski definition) is 0. The molecule has 1 fully saturated rings. The molecule has 0 saturated heterocycles. The summed E-state index contributed by atoms with van der Waals surface area (Å²) in [7, 11) is 0. The second-order valence-electron chi connectivity index (χ2n) is 10.3. The topological polar surface area (TPSA) is 0 Å². The van der Waals surface area contributed by atoms with Crippen LogP contribution in [0.15, 0.2) is 60.7 Å². The van der Waals surface area contributed by atoms with Gasteiger partial charge in [-0.2, -0.15) is 0 Å². The molecular formula is C32H48. The lowest BCUT2D eigenvalue weighted by Crippen LogP contribution is -2.00. The van der Waals surface area contributed by atoms with E-state index >= 15 is 0 Å². The average Bonchev–Trinajstić information content (AvgIpc) is 2.84. The molecule has 2 aromatic rings. The van der Waals surface area contributed by atoms with Crippen LogP contribution in [0, 0.1) is 0 Å². The highest BCUT2D eigenvalue weighted by Crippen LogP contribution is 2.30. The van der Waals surface area contributed by atoms with Gasteiger partial charge in [-0.1, -0.05) is 151 Å². The molecule has 0 amide bonds. The van der Waals surface area contributed by atoms with E-state index in [0.29, 0.717) is 0 Å². The Kier molecular flexibility index (Phi) is 12.6. The quantitative estimate of drug-likeness (QED) is 0.442. The molecule has 176 valence electrons. The smallest absolute Gasteiger partial charge is 0.0162 e. The van der Waals surface area contributed by atoms with Crippen LogP contribution in [0.5, 0.6) is 0 Å². The number of hydrogen-bond acceptors (Lipinski definition) is 0. The van der Waals surface area contributed by atoms with Gasteiger partial charge in [0.1, 0.15) is 0 Å². The second kappa shape index (κ2) is 16.1. The van der Waals surface area contributed by atoms with Crippen molar-refractivity contribution in [3.8, 4) is 0 Å². The van der Waals surface area contributed by atoms with Crippen molar-refractivity contribution < 1.29 is 0 Å². The van der Waals surface area contributed by atoms with Crippen LogP contribution < -0.4 is 0 Å². The van der Waals surface area contributed by atoms with Crippen molar-refractivity contribution in [2.75, 3.05) is 0 Å². The molecule has 0 spiro atoms. The van der Waals surface area contributed by atoms with Crippen molar-refractivity contribution in [2.45, 2.75) is 127 Å². The Hall–Kier alpha value is -1.56. The largest absolute Gasteiger partial charge is 0.0622 e. The normalized spacial score (nSPS) is 23.9. The first kappa shape index (κ1) is 25.1. The molecule has 1 saturated carbocycles. The molecule has 3 rings (SSSR count). The van der Waals surface area contributed by atoms with Crippen molar-refractivity contribution in [2.24, 2.45) is 0 Å². The Labute approximate surface area is 199 Å². The molecule has 0 N–H and O–H groups in total. The highest BCUT2D eigenvalue weighted by atomic mass is 14.2. The van der Waals surface area contributed by atoms with Gasteiger partial charge < -0.3 is 0 Å². The van der Waals surface area contributed by atoms with Gasteiger partial charge in [-0.3, -0.25) is 0 Å². The Morgan fingerprint density at radius 1 is 0.312 bits per heavy atom. The zero-order chi connectivity index (χ0) is 22.1. The monoisotopic (exact) mass is 432 g/mol. The van der Waals surface area contributed by atoms with Crippen molar-refractivity contribution >= 4 is 0 Å². The molecule has 0 bridgehead atoms. The maximum absolute atomic E-state index is 2.37. The van der Waals surface area contributed by atoms with E-state index in [1.165, 1.54) is 116 Å². The van der Waals surface area contributed by atoms with Crippen LogP contribution in [0.1, 0.15) is 139 Å². The van der Waals surface area contributed by atoms with Gasteiger partial charge in [0.25, 0.3) is 0 Å². The van der Waals surface area contributed by atoms with Gasteiger partial charge in [0.15, 0.2) is 0 Å². The van der Waals surface area contributed by atoms with Gasteiger partial charge in [0.2, 0.25) is 0 Å². The van der Waals surface area contributed by atoms with Crippen molar-refractivity contribution in [3.05, 3.63) is 71.8 Å². The van der Waals surface area contributed by atoms with E-state index in [0.717, 1.165) is 11.8 Å². The lowest BCUT2D eigenvalue weighted by atomic mass is 9.87. The average molecular weight is 433 g/mol. The minimum absolute atomic E-state index is 0.789. The summed E-state index contributed by atoms with van der Waals surface area (Å²) in [5.41, 5.74) is 3.17. The maximum atomic E-state index is 2.37. The van der Waals surface area contributed by atoms with E-state index in [-0.39, 0.29) is 0 Å². The van der Waals surface area contributed by atoms with Crippen LogP contribution in [0.2, 0.25) is 0 Å². The Morgan fingerprint density at radius 2 is 0.562 bits per heavy atom. The van der Waals surface area contributed by atoms with Crippen LogP contribution in [-0.4, -0.2) is 0 Å². The number of benzene rings is 2. The molecule has 0 nitrogen and oxygen atoms in total. The molecule has 0 heteroatoms. The lowest BCUT2D eigenvalue weighted by molar-refractivity contribution is 0.463. The van der Waals surface area contributed by atoms with Gasteiger partial charge in [-0.15, -0.1) is 0 Å². The summed E-state index contributed by atoms with van der Waals surface area (Å²) in [4.78, 5) is 0. The summed E-state index contributed by atoms with van der Waals surface area (Å²) in [5.74, 6) is 1.58. The van der Waals surface area contributed by atoms with Crippen LogP contribution in [0.3, 0.4) is 0 Å². The minimum atomic E-state index is 0.789. The maximum Gasteiger partial charge on any atom is -0.0162 e. The van der Waals surface area contributed by atoms with Crippen molar-refractivity contribution in [3.63, 3.8) is 0 Å². The van der Waals surface area contributed by atoms with E-state index in [2.05, 4.69) is 60.7 Å². The standard InChI is InChI=1S/C32H48/c1-3-7-13-21-29(31-25-17-11-18-26-31)23-15-9-5-2-6-10-16-24-30(22-14-8-4-1)32-27-19-12-20-28-32/h11-12,17-20,25-30H,1-10,13-16,21-24H2.